The molecule has 2 aromatic carbocycles. The number of anilines is 1. The maximum Gasteiger partial charge on any atom is 0.266 e. The zero-order chi connectivity index (χ0) is 19.9. The lowest BCUT2D eigenvalue weighted by Gasteiger charge is -2.21. The van der Waals surface area contributed by atoms with Crippen molar-refractivity contribution in [1.82, 2.24) is 0 Å². The molecule has 0 aliphatic carbocycles. The molecule has 4 rings (SSSR count). The van der Waals surface area contributed by atoms with Gasteiger partial charge in [-0.25, -0.2) is 4.39 Å². The molecule has 0 saturated carbocycles. The van der Waals surface area contributed by atoms with Gasteiger partial charge in [0.2, 0.25) is 5.60 Å². The van der Waals surface area contributed by atoms with Crippen molar-refractivity contribution < 1.29 is 23.8 Å². The summed E-state index contributed by atoms with van der Waals surface area (Å²) in [4.78, 5) is 26.9. The first-order chi connectivity index (χ1) is 13.4. The summed E-state index contributed by atoms with van der Waals surface area (Å²) in [6, 6.07) is 9.46. The number of halogens is 2. The van der Waals surface area contributed by atoms with Crippen molar-refractivity contribution in [2.45, 2.75) is 31.3 Å². The smallest absolute Gasteiger partial charge is 0.266 e. The molecule has 28 heavy (non-hydrogen) atoms. The first-order valence-corrected chi connectivity index (χ1v) is 9.53. The molecule has 7 heteroatoms. The first kappa shape index (κ1) is 18.9. The lowest BCUT2D eigenvalue weighted by atomic mass is 9.92. The van der Waals surface area contributed by atoms with Gasteiger partial charge in [-0.05, 0) is 53.9 Å². The summed E-state index contributed by atoms with van der Waals surface area (Å²) in [5, 5.41) is 11.0. The lowest BCUT2D eigenvalue weighted by Crippen LogP contribution is -2.47. The SMILES string of the molecule is O=C(CCc1cc(F)cc(Cl)c1)[C@@]1(O)CCN(c2ccc3c(c2)CCO3)C1=O. The number of amides is 1. The Hall–Kier alpha value is -2.44. The summed E-state index contributed by atoms with van der Waals surface area (Å²) in [7, 11) is 0. The third-order valence-corrected chi connectivity index (χ3v) is 5.52. The van der Waals surface area contributed by atoms with Gasteiger partial charge >= 0.3 is 0 Å². The maximum atomic E-state index is 13.4. The van der Waals surface area contributed by atoms with Gasteiger partial charge < -0.3 is 14.7 Å². The summed E-state index contributed by atoms with van der Waals surface area (Å²) < 4.78 is 18.9. The number of fused-ring (bicyclic) bond motifs is 1. The van der Waals surface area contributed by atoms with Crippen LogP contribution < -0.4 is 9.64 Å². The van der Waals surface area contributed by atoms with Gasteiger partial charge in [0, 0.05) is 36.5 Å². The molecule has 0 radical (unpaired) electrons. The highest BCUT2D eigenvalue weighted by Crippen LogP contribution is 2.34. The molecule has 2 aromatic rings. The molecule has 146 valence electrons. The second-order valence-electron chi connectivity index (χ2n) is 7.16. The van der Waals surface area contributed by atoms with Crippen LogP contribution in [-0.2, 0) is 22.4 Å². The number of nitrogens with zero attached hydrogens (tertiary/aromatic N) is 1. The number of ether oxygens (including phenoxy) is 1. The molecule has 0 unspecified atom stereocenters. The van der Waals surface area contributed by atoms with Crippen molar-refractivity contribution in [3.05, 3.63) is 58.4 Å². The molecule has 5 nitrogen and oxygen atoms in total. The van der Waals surface area contributed by atoms with Gasteiger partial charge in [-0.1, -0.05) is 11.6 Å². The Balaban J connectivity index is 1.47. The molecular formula is C21H19ClFNO4. The van der Waals surface area contributed by atoms with Crippen molar-refractivity contribution in [3.8, 4) is 5.75 Å². The monoisotopic (exact) mass is 403 g/mol. The van der Waals surface area contributed by atoms with Crippen LogP contribution in [0, 0.1) is 5.82 Å². The van der Waals surface area contributed by atoms with Crippen molar-refractivity contribution in [3.63, 3.8) is 0 Å². The van der Waals surface area contributed by atoms with Crippen LogP contribution >= 0.6 is 11.6 Å². The van der Waals surface area contributed by atoms with E-state index < -0.39 is 23.1 Å². The normalized spacial score (nSPS) is 21.0. The van der Waals surface area contributed by atoms with Crippen LogP contribution in [0.2, 0.25) is 5.02 Å². The van der Waals surface area contributed by atoms with E-state index in [0.29, 0.717) is 17.9 Å². The molecule has 1 atom stereocenters. The summed E-state index contributed by atoms with van der Waals surface area (Å²) in [6.07, 6.45) is 0.919. The fourth-order valence-corrected chi connectivity index (χ4v) is 4.02. The minimum Gasteiger partial charge on any atom is -0.493 e. The maximum absolute atomic E-state index is 13.4. The zero-order valence-corrected chi connectivity index (χ0v) is 15.8. The van der Waals surface area contributed by atoms with Crippen LogP contribution in [-0.4, -0.2) is 35.5 Å². The van der Waals surface area contributed by atoms with Crippen LogP contribution in [0.4, 0.5) is 10.1 Å². The van der Waals surface area contributed by atoms with E-state index in [1.54, 1.807) is 18.2 Å². The number of carbonyl (C=O) groups is 2. The van der Waals surface area contributed by atoms with Crippen molar-refractivity contribution in [2.75, 3.05) is 18.1 Å². The third kappa shape index (κ3) is 3.38. The number of carbonyl (C=O) groups excluding carboxylic acids is 2. The number of Topliss-reactive ketones (excluding diaryl/α,β-unsaturated/α-hetero) is 1. The topological polar surface area (TPSA) is 66.8 Å². The quantitative estimate of drug-likeness (QED) is 0.779. The van der Waals surface area contributed by atoms with Gasteiger partial charge in [-0.3, -0.25) is 9.59 Å². The Bertz CT molecular complexity index is 943. The second kappa shape index (κ2) is 7.18. The number of benzene rings is 2. The van der Waals surface area contributed by atoms with Gasteiger partial charge in [0.15, 0.2) is 5.78 Å². The predicted molar refractivity (Wildman–Crippen MR) is 102 cm³/mol. The Labute approximate surface area is 166 Å². The van der Waals surface area contributed by atoms with E-state index in [1.165, 1.54) is 17.0 Å². The first-order valence-electron chi connectivity index (χ1n) is 9.15. The van der Waals surface area contributed by atoms with E-state index in [4.69, 9.17) is 16.3 Å². The summed E-state index contributed by atoms with van der Waals surface area (Å²) >= 11 is 5.83. The van der Waals surface area contributed by atoms with E-state index in [9.17, 15) is 19.1 Å². The highest BCUT2D eigenvalue weighted by molar-refractivity contribution is 6.30. The molecule has 2 heterocycles. The fraction of sp³-hybridized carbons (Fsp3) is 0.333. The lowest BCUT2D eigenvalue weighted by molar-refractivity contribution is -0.147. The minimum atomic E-state index is -2.05. The highest BCUT2D eigenvalue weighted by Gasteiger charge is 2.50. The van der Waals surface area contributed by atoms with Gasteiger partial charge in [-0.15, -0.1) is 0 Å². The zero-order valence-electron chi connectivity index (χ0n) is 15.1. The molecule has 0 aromatic heterocycles. The number of ketones is 1. The number of hydrogen-bond acceptors (Lipinski definition) is 4. The minimum absolute atomic E-state index is 0.0299. The van der Waals surface area contributed by atoms with E-state index in [1.807, 2.05) is 6.07 Å². The van der Waals surface area contributed by atoms with Gasteiger partial charge in [0.25, 0.3) is 5.91 Å². The second-order valence-corrected chi connectivity index (χ2v) is 7.59. The van der Waals surface area contributed by atoms with Crippen LogP contribution in [0.3, 0.4) is 0 Å². The van der Waals surface area contributed by atoms with Crippen molar-refractivity contribution >= 4 is 29.0 Å². The average Bonchev–Trinajstić information content (AvgIpc) is 3.24. The number of aliphatic hydroxyl groups is 1. The van der Waals surface area contributed by atoms with E-state index >= 15 is 0 Å². The van der Waals surface area contributed by atoms with Gasteiger partial charge in [-0.2, -0.15) is 0 Å². The molecule has 0 spiro atoms. The fourth-order valence-electron chi connectivity index (χ4n) is 3.77. The molecule has 1 amide bonds. The molecular weight excluding hydrogens is 385 g/mol. The summed E-state index contributed by atoms with van der Waals surface area (Å²) in [6.45, 7) is 0.867. The van der Waals surface area contributed by atoms with Crippen LogP contribution in [0.5, 0.6) is 5.75 Å². The van der Waals surface area contributed by atoms with E-state index in [2.05, 4.69) is 0 Å². The van der Waals surface area contributed by atoms with Crippen LogP contribution in [0.25, 0.3) is 0 Å². The highest BCUT2D eigenvalue weighted by atomic mass is 35.5. The van der Waals surface area contributed by atoms with Crippen LogP contribution in [0.1, 0.15) is 24.0 Å². The molecule has 2 aliphatic rings. The molecule has 1 N–H and O–H groups in total. The van der Waals surface area contributed by atoms with Crippen molar-refractivity contribution in [1.29, 1.82) is 0 Å². The molecule has 2 aliphatic heterocycles. The molecule has 1 fully saturated rings. The standard InChI is InChI=1S/C21H19ClFNO4/c22-15-9-13(10-16(23)12-15)1-4-19(25)21(27)6-7-24(20(21)26)17-2-3-18-14(11-17)5-8-28-18/h2-3,9-12,27H,1,4-8H2/t21-/m0/s1. The Morgan fingerprint density at radius 3 is 2.89 bits per heavy atom. The Morgan fingerprint density at radius 1 is 1.29 bits per heavy atom. The Kier molecular flexibility index (Phi) is 4.85. The average molecular weight is 404 g/mol. The van der Waals surface area contributed by atoms with Crippen molar-refractivity contribution in [2.24, 2.45) is 0 Å². The van der Waals surface area contributed by atoms with E-state index in [-0.39, 0.29) is 30.8 Å². The largest absolute Gasteiger partial charge is 0.493 e. The van der Waals surface area contributed by atoms with Gasteiger partial charge in [0.05, 0.1) is 6.61 Å². The summed E-state index contributed by atoms with van der Waals surface area (Å²) in [5.74, 6) is -0.869. The summed E-state index contributed by atoms with van der Waals surface area (Å²) in [5.41, 5.74) is 0.153. The Morgan fingerprint density at radius 2 is 2.11 bits per heavy atom. The number of hydrogen-bond donors (Lipinski definition) is 1. The number of aryl methyl sites for hydroxylation is 1. The van der Waals surface area contributed by atoms with E-state index in [0.717, 1.165) is 17.7 Å². The molecule has 1 saturated heterocycles. The third-order valence-electron chi connectivity index (χ3n) is 5.31. The number of rotatable bonds is 5. The molecule has 0 bridgehead atoms. The predicted octanol–water partition coefficient (Wildman–Crippen LogP) is 3.08. The van der Waals surface area contributed by atoms with Gasteiger partial charge in [0.1, 0.15) is 11.6 Å². The van der Waals surface area contributed by atoms with Crippen LogP contribution in [0.15, 0.2) is 36.4 Å².